The number of hydrogen-bond donors (Lipinski definition) is 0. The highest BCUT2D eigenvalue weighted by molar-refractivity contribution is 5.88. The lowest BCUT2D eigenvalue weighted by molar-refractivity contribution is 0.312. The van der Waals surface area contributed by atoms with Crippen LogP contribution in [0.15, 0.2) is 66.7 Å². The largest absolute Gasteiger partial charge is 0.496 e. The quantitative estimate of drug-likeness (QED) is 0.392. The Morgan fingerprint density at radius 1 is 0.967 bits per heavy atom. The Hall–Kier alpha value is -2.54. The van der Waals surface area contributed by atoms with Gasteiger partial charge in [0.2, 0.25) is 0 Å². The molecule has 1 unspecified atom stereocenters. The standard InChI is InChI=1S/C29H34O/c1-6-29(15-7-8-21(4)19-29)27-18-26(13-14-28(27)30-5)25-12-11-23-16-22(20(2)3)9-10-24(23)17-25/h9-14,16-18,20H,4,6-8,15,19H2,1-3,5H3. The summed E-state index contributed by atoms with van der Waals surface area (Å²) in [5.74, 6) is 1.56. The fourth-order valence-electron chi connectivity index (χ4n) is 5.16. The molecule has 1 heteroatoms. The van der Waals surface area contributed by atoms with Crippen molar-refractivity contribution in [3.63, 3.8) is 0 Å². The Morgan fingerprint density at radius 3 is 2.37 bits per heavy atom. The molecule has 0 spiro atoms. The van der Waals surface area contributed by atoms with E-state index in [0.29, 0.717) is 5.92 Å². The van der Waals surface area contributed by atoms with Crippen molar-refractivity contribution >= 4 is 10.8 Å². The van der Waals surface area contributed by atoms with Crippen LogP contribution in [0.5, 0.6) is 5.75 Å². The molecule has 1 aliphatic rings. The van der Waals surface area contributed by atoms with Crippen molar-refractivity contribution in [2.45, 2.75) is 64.2 Å². The molecule has 30 heavy (non-hydrogen) atoms. The van der Waals surface area contributed by atoms with E-state index in [1.165, 1.54) is 51.4 Å². The number of methoxy groups -OCH3 is 1. The molecule has 0 aromatic heterocycles. The lowest BCUT2D eigenvalue weighted by atomic mass is 9.66. The summed E-state index contributed by atoms with van der Waals surface area (Å²) in [6.45, 7) is 11.1. The minimum absolute atomic E-state index is 0.139. The fourth-order valence-corrected chi connectivity index (χ4v) is 5.16. The van der Waals surface area contributed by atoms with Crippen molar-refractivity contribution in [2.24, 2.45) is 0 Å². The van der Waals surface area contributed by atoms with Gasteiger partial charge in [0.15, 0.2) is 0 Å². The van der Waals surface area contributed by atoms with Gasteiger partial charge in [-0.15, -0.1) is 0 Å². The highest BCUT2D eigenvalue weighted by Crippen LogP contribution is 2.48. The van der Waals surface area contributed by atoms with Crippen LogP contribution in [-0.4, -0.2) is 7.11 Å². The summed E-state index contributed by atoms with van der Waals surface area (Å²) < 4.78 is 5.83. The summed E-state index contributed by atoms with van der Waals surface area (Å²) >= 11 is 0. The molecule has 0 radical (unpaired) electrons. The van der Waals surface area contributed by atoms with Gasteiger partial charge >= 0.3 is 0 Å². The fraction of sp³-hybridized carbons (Fsp3) is 0.379. The molecular formula is C29H34O. The van der Waals surface area contributed by atoms with Crippen LogP contribution in [0.4, 0.5) is 0 Å². The first kappa shape index (κ1) is 20.7. The number of fused-ring (bicyclic) bond motifs is 1. The van der Waals surface area contributed by atoms with Gasteiger partial charge in [0.05, 0.1) is 7.11 Å². The van der Waals surface area contributed by atoms with E-state index in [2.05, 4.69) is 81.9 Å². The average Bonchev–Trinajstić information content (AvgIpc) is 2.77. The molecule has 0 saturated heterocycles. The third-order valence-electron chi connectivity index (χ3n) is 7.09. The minimum Gasteiger partial charge on any atom is -0.496 e. The zero-order valence-corrected chi connectivity index (χ0v) is 18.9. The maximum absolute atomic E-state index is 5.83. The SMILES string of the molecule is C=C1CCCC(CC)(c2cc(-c3ccc4cc(C(C)C)ccc4c3)ccc2OC)C1. The third kappa shape index (κ3) is 3.78. The zero-order valence-electron chi connectivity index (χ0n) is 18.9. The number of benzene rings is 3. The van der Waals surface area contributed by atoms with E-state index in [-0.39, 0.29) is 5.41 Å². The predicted molar refractivity (Wildman–Crippen MR) is 130 cm³/mol. The summed E-state index contributed by atoms with van der Waals surface area (Å²) in [7, 11) is 1.79. The van der Waals surface area contributed by atoms with Crippen molar-refractivity contribution in [3.05, 3.63) is 77.9 Å². The minimum atomic E-state index is 0.139. The van der Waals surface area contributed by atoms with E-state index in [1.807, 2.05) is 0 Å². The van der Waals surface area contributed by atoms with Crippen molar-refractivity contribution in [1.82, 2.24) is 0 Å². The highest BCUT2D eigenvalue weighted by atomic mass is 16.5. The molecule has 1 saturated carbocycles. The summed E-state index contributed by atoms with van der Waals surface area (Å²) in [6.07, 6.45) is 5.76. The first-order chi connectivity index (χ1) is 14.5. The van der Waals surface area contributed by atoms with E-state index in [9.17, 15) is 0 Å². The molecule has 0 amide bonds. The molecule has 156 valence electrons. The Balaban J connectivity index is 1.79. The van der Waals surface area contributed by atoms with Crippen molar-refractivity contribution in [3.8, 4) is 16.9 Å². The van der Waals surface area contributed by atoms with Crippen molar-refractivity contribution < 1.29 is 4.74 Å². The van der Waals surface area contributed by atoms with Gasteiger partial charge in [0.25, 0.3) is 0 Å². The van der Waals surface area contributed by atoms with Crippen LogP contribution in [0.3, 0.4) is 0 Å². The molecule has 4 rings (SSSR count). The summed E-state index contributed by atoms with van der Waals surface area (Å²) in [6, 6.07) is 20.4. The number of ether oxygens (including phenoxy) is 1. The molecule has 1 aliphatic carbocycles. The molecule has 1 nitrogen and oxygen atoms in total. The molecular weight excluding hydrogens is 364 g/mol. The highest BCUT2D eigenvalue weighted by Gasteiger charge is 2.36. The Morgan fingerprint density at radius 2 is 1.67 bits per heavy atom. The summed E-state index contributed by atoms with van der Waals surface area (Å²) in [5, 5.41) is 2.61. The molecule has 0 N–H and O–H groups in total. The third-order valence-corrected chi connectivity index (χ3v) is 7.09. The molecule has 0 aliphatic heterocycles. The average molecular weight is 399 g/mol. The van der Waals surface area contributed by atoms with Crippen molar-refractivity contribution in [2.75, 3.05) is 7.11 Å². The van der Waals surface area contributed by atoms with Gasteiger partial charge < -0.3 is 4.74 Å². The summed E-state index contributed by atoms with van der Waals surface area (Å²) in [5.41, 5.74) is 6.79. The molecule has 3 aromatic carbocycles. The normalized spacial score (nSPS) is 19.4. The van der Waals surface area contributed by atoms with E-state index >= 15 is 0 Å². The van der Waals surface area contributed by atoms with Crippen LogP contribution < -0.4 is 4.74 Å². The monoisotopic (exact) mass is 398 g/mol. The second-order valence-electron chi connectivity index (χ2n) is 9.31. The van der Waals surface area contributed by atoms with Crippen LogP contribution >= 0.6 is 0 Å². The van der Waals surface area contributed by atoms with Crippen LogP contribution in [0.2, 0.25) is 0 Å². The van der Waals surface area contributed by atoms with Gasteiger partial charge in [0, 0.05) is 11.0 Å². The molecule has 1 fully saturated rings. The predicted octanol–water partition coefficient (Wildman–Crippen LogP) is 8.42. The number of allylic oxidation sites excluding steroid dienone is 1. The maximum Gasteiger partial charge on any atom is 0.122 e. The van der Waals surface area contributed by atoms with Crippen molar-refractivity contribution in [1.29, 1.82) is 0 Å². The molecule has 1 atom stereocenters. The van der Waals surface area contributed by atoms with Gasteiger partial charge in [-0.2, -0.15) is 0 Å². The van der Waals surface area contributed by atoms with E-state index < -0.39 is 0 Å². The Bertz CT molecular complexity index is 1070. The van der Waals surface area contributed by atoms with Crippen LogP contribution in [-0.2, 0) is 5.41 Å². The number of hydrogen-bond acceptors (Lipinski definition) is 1. The first-order valence-corrected chi connectivity index (χ1v) is 11.3. The van der Waals surface area contributed by atoms with E-state index in [4.69, 9.17) is 4.74 Å². The van der Waals surface area contributed by atoms with Gasteiger partial charge in [-0.25, -0.2) is 0 Å². The van der Waals surface area contributed by atoms with Crippen LogP contribution in [0, 0.1) is 0 Å². The smallest absolute Gasteiger partial charge is 0.122 e. The number of rotatable bonds is 5. The lowest BCUT2D eigenvalue weighted by Gasteiger charge is -2.39. The van der Waals surface area contributed by atoms with E-state index in [0.717, 1.165) is 25.0 Å². The van der Waals surface area contributed by atoms with E-state index in [1.54, 1.807) is 7.11 Å². The van der Waals surface area contributed by atoms with Crippen LogP contribution in [0.1, 0.15) is 69.9 Å². The maximum atomic E-state index is 5.83. The van der Waals surface area contributed by atoms with Gasteiger partial charge in [-0.05, 0) is 83.7 Å². The first-order valence-electron chi connectivity index (χ1n) is 11.3. The van der Waals surface area contributed by atoms with Gasteiger partial charge in [-0.3, -0.25) is 0 Å². The lowest BCUT2D eigenvalue weighted by Crippen LogP contribution is -2.29. The molecule has 0 bridgehead atoms. The van der Waals surface area contributed by atoms with Crippen LogP contribution in [0.25, 0.3) is 21.9 Å². The Labute approximate surface area is 181 Å². The topological polar surface area (TPSA) is 9.23 Å². The summed E-state index contributed by atoms with van der Waals surface area (Å²) in [4.78, 5) is 0. The van der Waals surface area contributed by atoms with Gasteiger partial charge in [0.1, 0.15) is 5.75 Å². The second kappa shape index (κ2) is 8.30. The molecule has 3 aromatic rings. The zero-order chi connectivity index (χ0) is 21.3. The Kier molecular flexibility index (Phi) is 5.73. The second-order valence-corrected chi connectivity index (χ2v) is 9.31. The molecule has 0 heterocycles. The van der Waals surface area contributed by atoms with Gasteiger partial charge in [-0.1, -0.05) is 69.3 Å².